The molecule has 0 saturated heterocycles. The monoisotopic (exact) mass is 333 g/mol. The first-order valence-electron chi connectivity index (χ1n) is 6.79. The predicted octanol–water partition coefficient (Wildman–Crippen LogP) is 3.46. The summed E-state index contributed by atoms with van der Waals surface area (Å²) in [6.45, 7) is 4.21. The van der Waals surface area contributed by atoms with Gasteiger partial charge < -0.3 is 0 Å². The zero-order valence-electron chi connectivity index (χ0n) is 11.9. The van der Waals surface area contributed by atoms with E-state index in [0.29, 0.717) is 0 Å². The van der Waals surface area contributed by atoms with Crippen LogP contribution in [0.2, 0.25) is 0 Å². The third-order valence-corrected chi connectivity index (χ3v) is 3.83. The first kappa shape index (κ1) is 15.2. The highest BCUT2D eigenvalue weighted by molar-refractivity contribution is 9.10. The number of hydrazine groups is 1. The minimum atomic E-state index is 0.0613. The summed E-state index contributed by atoms with van der Waals surface area (Å²) in [5, 5.41) is 0. The molecule has 1 aromatic carbocycles. The van der Waals surface area contributed by atoms with Gasteiger partial charge in [-0.3, -0.25) is 16.3 Å². The van der Waals surface area contributed by atoms with E-state index >= 15 is 0 Å². The van der Waals surface area contributed by atoms with E-state index in [4.69, 9.17) is 5.84 Å². The van der Waals surface area contributed by atoms with Crippen LogP contribution >= 0.6 is 15.9 Å². The van der Waals surface area contributed by atoms with Gasteiger partial charge in [0, 0.05) is 22.8 Å². The SMILES string of the molecule is CCc1ccc(CC(NN)c2cc(C)cc(Br)c2)nc1. The number of nitrogens with one attached hydrogen (secondary N) is 1. The number of rotatable bonds is 5. The molecule has 1 aromatic heterocycles. The van der Waals surface area contributed by atoms with Gasteiger partial charge >= 0.3 is 0 Å². The molecule has 3 nitrogen and oxygen atoms in total. The summed E-state index contributed by atoms with van der Waals surface area (Å²) in [6, 6.07) is 10.6. The molecular weight excluding hydrogens is 314 g/mol. The fourth-order valence-electron chi connectivity index (χ4n) is 2.23. The summed E-state index contributed by atoms with van der Waals surface area (Å²) in [5.74, 6) is 5.72. The molecule has 0 aliphatic rings. The number of halogens is 1. The first-order chi connectivity index (χ1) is 9.62. The Kier molecular flexibility index (Phi) is 5.29. The second kappa shape index (κ2) is 6.97. The van der Waals surface area contributed by atoms with Gasteiger partial charge in [-0.15, -0.1) is 0 Å². The lowest BCUT2D eigenvalue weighted by Crippen LogP contribution is -2.29. The van der Waals surface area contributed by atoms with Gasteiger partial charge in [0.2, 0.25) is 0 Å². The zero-order chi connectivity index (χ0) is 14.5. The third-order valence-electron chi connectivity index (χ3n) is 3.38. The molecule has 0 radical (unpaired) electrons. The van der Waals surface area contributed by atoms with Gasteiger partial charge in [0.1, 0.15) is 0 Å². The Hall–Kier alpha value is -1.23. The highest BCUT2D eigenvalue weighted by Gasteiger charge is 2.12. The maximum absolute atomic E-state index is 5.72. The van der Waals surface area contributed by atoms with Crippen molar-refractivity contribution in [3.05, 3.63) is 63.4 Å². The molecule has 2 aromatic rings. The number of hydrogen-bond acceptors (Lipinski definition) is 3. The second-order valence-electron chi connectivity index (χ2n) is 5.00. The Bertz CT molecular complexity index is 546. The lowest BCUT2D eigenvalue weighted by molar-refractivity contribution is 0.545. The fourth-order valence-corrected chi connectivity index (χ4v) is 2.86. The highest BCUT2D eigenvalue weighted by atomic mass is 79.9. The Balaban J connectivity index is 2.19. The molecule has 1 unspecified atom stereocenters. The Morgan fingerprint density at radius 3 is 2.65 bits per heavy atom. The Morgan fingerprint density at radius 1 is 1.30 bits per heavy atom. The molecule has 0 saturated carbocycles. The van der Waals surface area contributed by atoms with E-state index < -0.39 is 0 Å². The molecule has 1 atom stereocenters. The van der Waals surface area contributed by atoms with E-state index in [1.165, 1.54) is 16.7 Å². The molecule has 0 aliphatic heterocycles. The topological polar surface area (TPSA) is 50.9 Å². The van der Waals surface area contributed by atoms with E-state index in [0.717, 1.165) is 23.0 Å². The molecule has 3 N–H and O–H groups in total. The average Bonchev–Trinajstić information content (AvgIpc) is 2.44. The number of pyridine rings is 1. The van der Waals surface area contributed by atoms with E-state index in [2.05, 4.69) is 70.5 Å². The Labute approximate surface area is 128 Å². The molecule has 0 aliphatic carbocycles. The van der Waals surface area contributed by atoms with Crippen molar-refractivity contribution in [1.82, 2.24) is 10.4 Å². The molecule has 0 fully saturated rings. The number of nitrogens with two attached hydrogens (primary N) is 1. The van der Waals surface area contributed by atoms with Crippen LogP contribution in [0.15, 0.2) is 41.0 Å². The van der Waals surface area contributed by atoms with Crippen molar-refractivity contribution in [2.24, 2.45) is 5.84 Å². The van der Waals surface area contributed by atoms with Crippen LogP contribution in [0.1, 0.15) is 35.3 Å². The summed E-state index contributed by atoms with van der Waals surface area (Å²) in [5.41, 5.74) is 7.57. The van der Waals surface area contributed by atoms with Gasteiger partial charge in [-0.05, 0) is 48.2 Å². The molecule has 0 bridgehead atoms. The molecule has 20 heavy (non-hydrogen) atoms. The quantitative estimate of drug-likeness (QED) is 0.650. The maximum Gasteiger partial charge on any atom is 0.0515 e. The number of aromatic nitrogens is 1. The second-order valence-corrected chi connectivity index (χ2v) is 5.91. The van der Waals surface area contributed by atoms with Crippen molar-refractivity contribution in [3.63, 3.8) is 0 Å². The van der Waals surface area contributed by atoms with Crippen molar-refractivity contribution in [1.29, 1.82) is 0 Å². The van der Waals surface area contributed by atoms with Crippen LogP contribution in [0.3, 0.4) is 0 Å². The summed E-state index contributed by atoms with van der Waals surface area (Å²) >= 11 is 3.53. The highest BCUT2D eigenvalue weighted by Crippen LogP contribution is 2.22. The standard InChI is InChI=1S/C16H20BrN3/c1-3-12-4-5-15(19-10-12)9-16(20-18)13-6-11(2)7-14(17)8-13/h4-8,10,16,20H,3,9,18H2,1-2H3. The molecular formula is C16H20BrN3. The summed E-state index contributed by atoms with van der Waals surface area (Å²) in [7, 11) is 0. The van der Waals surface area contributed by atoms with E-state index in [-0.39, 0.29) is 6.04 Å². The van der Waals surface area contributed by atoms with E-state index in [1.807, 2.05) is 6.20 Å². The first-order valence-corrected chi connectivity index (χ1v) is 7.58. The van der Waals surface area contributed by atoms with Gasteiger partial charge in [-0.2, -0.15) is 0 Å². The van der Waals surface area contributed by atoms with Gasteiger partial charge in [-0.1, -0.05) is 35.0 Å². The summed E-state index contributed by atoms with van der Waals surface area (Å²) < 4.78 is 1.07. The van der Waals surface area contributed by atoms with Crippen LogP contribution in [0.5, 0.6) is 0 Å². The number of nitrogens with zero attached hydrogens (tertiary/aromatic N) is 1. The van der Waals surface area contributed by atoms with Gasteiger partial charge in [0.15, 0.2) is 0 Å². The molecule has 2 rings (SSSR count). The van der Waals surface area contributed by atoms with Gasteiger partial charge in [0.05, 0.1) is 6.04 Å². The van der Waals surface area contributed by atoms with E-state index in [1.54, 1.807) is 0 Å². The lowest BCUT2D eigenvalue weighted by Gasteiger charge is -2.17. The van der Waals surface area contributed by atoms with Crippen LogP contribution in [0, 0.1) is 6.92 Å². The van der Waals surface area contributed by atoms with Crippen LogP contribution in [0.25, 0.3) is 0 Å². The van der Waals surface area contributed by atoms with E-state index in [9.17, 15) is 0 Å². The molecule has 4 heteroatoms. The van der Waals surface area contributed by atoms with Crippen LogP contribution in [-0.4, -0.2) is 4.98 Å². The number of aryl methyl sites for hydroxylation is 2. The van der Waals surface area contributed by atoms with Crippen LogP contribution in [-0.2, 0) is 12.8 Å². The van der Waals surface area contributed by atoms with Gasteiger partial charge in [0.25, 0.3) is 0 Å². The third kappa shape index (κ3) is 3.88. The summed E-state index contributed by atoms with van der Waals surface area (Å²) in [6.07, 6.45) is 3.72. The number of hydrogen-bond donors (Lipinski definition) is 2. The molecule has 0 amide bonds. The van der Waals surface area contributed by atoms with Crippen molar-refractivity contribution in [3.8, 4) is 0 Å². The average molecular weight is 334 g/mol. The van der Waals surface area contributed by atoms with Crippen molar-refractivity contribution >= 4 is 15.9 Å². The lowest BCUT2D eigenvalue weighted by atomic mass is 10.0. The van der Waals surface area contributed by atoms with Crippen LogP contribution in [0.4, 0.5) is 0 Å². The Morgan fingerprint density at radius 2 is 2.10 bits per heavy atom. The summed E-state index contributed by atoms with van der Waals surface area (Å²) in [4.78, 5) is 4.50. The smallest absolute Gasteiger partial charge is 0.0515 e. The molecule has 0 spiro atoms. The van der Waals surface area contributed by atoms with Crippen molar-refractivity contribution in [2.75, 3.05) is 0 Å². The minimum Gasteiger partial charge on any atom is -0.271 e. The molecule has 1 heterocycles. The fraction of sp³-hybridized carbons (Fsp3) is 0.312. The zero-order valence-corrected chi connectivity index (χ0v) is 13.4. The van der Waals surface area contributed by atoms with Crippen molar-refractivity contribution < 1.29 is 0 Å². The normalized spacial score (nSPS) is 12.4. The largest absolute Gasteiger partial charge is 0.271 e. The number of benzene rings is 1. The maximum atomic E-state index is 5.72. The van der Waals surface area contributed by atoms with Crippen molar-refractivity contribution in [2.45, 2.75) is 32.7 Å². The minimum absolute atomic E-state index is 0.0613. The molecule has 106 valence electrons. The predicted molar refractivity (Wildman–Crippen MR) is 86.3 cm³/mol. The van der Waals surface area contributed by atoms with Gasteiger partial charge in [-0.25, -0.2) is 0 Å². The van der Waals surface area contributed by atoms with Crippen LogP contribution < -0.4 is 11.3 Å².